The van der Waals surface area contributed by atoms with Gasteiger partial charge in [0.15, 0.2) is 5.69 Å². The molecule has 3 N–H and O–H groups in total. The predicted molar refractivity (Wildman–Crippen MR) is 77.6 cm³/mol. The second-order valence-corrected chi connectivity index (χ2v) is 4.52. The summed E-state index contributed by atoms with van der Waals surface area (Å²) in [5.74, 6) is -1.95. The highest BCUT2D eigenvalue weighted by Crippen LogP contribution is 2.30. The summed E-state index contributed by atoms with van der Waals surface area (Å²) in [6, 6.07) is 8.65. The van der Waals surface area contributed by atoms with Crippen molar-refractivity contribution in [2.45, 2.75) is 6.18 Å². The number of carboxylic acids is 1. The molecule has 2 rings (SSSR count). The number of alkyl halides is 3. The van der Waals surface area contributed by atoms with E-state index in [0.717, 1.165) is 0 Å². The predicted octanol–water partition coefficient (Wildman–Crippen LogP) is 2.61. The lowest BCUT2D eigenvalue weighted by Gasteiger charge is -2.12. The van der Waals surface area contributed by atoms with Crippen LogP contribution in [0.15, 0.2) is 30.3 Å². The van der Waals surface area contributed by atoms with Crippen LogP contribution in [0.4, 0.5) is 30.6 Å². The maximum absolute atomic E-state index is 12.9. The van der Waals surface area contributed by atoms with E-state index >= 15 is 0 Å². The van der Waals surface area contributed by atoms with Gasteiger partial charge in [0.2, 0.25) is 5.95 Å². The Kier molecular flexibility index (Phi) is 4.84. The minimum Gasteiger partial charge on any atom is -0.480 e. The van der Waals surface area contributed by atoms with Gasteiger partial charge in [0, 0.05) is 11.8 Å². The maximum atomic E-state index is 12.9. The van der Waals surface area contributed by atoms with Crippen molar-refractivity contribution in [2.75, 3.05) is 17.2 Å². The highest BCUT2D eigenvalue weighted by molar-refractivity contribution is 5.72. The molecule has 0 aliphatic rings. The molecule has 24 heavy (non-hydrogen) atoms. The van der Waals surface area contributed by atoms with Gasteiger partial charge in [0.25, 0.3) is 0 Å². The van der Waals surface area contributed by atoms with E-state index in [1.807, 2.05) is 6.07 Å². The molecule has 0 atom stereocenters. The Labute approximate surface area is 133 Å². The van der Waals surface area contributed by atoms with E-state index in [-0.39, 0.29) is 5.82 Å². The minimum atomic E-state index is -4.73. The third-order valence-electron chi connectivity index (χ3n) is 2.68. The molecule has 0 spiro atoms. The first kappa shape index (κ1) is 17.0. The quantitative estimate of drug-likeness (QED) is 0.769. The summed E-state index contributed by atoms with van der Waals surface area (Å²) in [5, 5.41) is 22.2. The number of rotatable bonds is 5. The van der Waals surface area contributed by atoms with Crippen molar-refractivity contribution in [1.29, 1.82) is 5.26 Å². The van der Waals surface area contributed by atoms with Crippen LogP contribution in [0.3, 0.4) is 0 Å². The topological polar surface area (TPSA) is 111 Å². The van der Waals surface area contributed by atoms with Gasteiger partial charge in [-0.25, -0.2) is 4.98 Å². The number of carbonyl (C=O) groups is 1. The molecule has 0 fully saturated rings. The number of aliphatic carboxylic acids is 1. The van der Waals surface area contributed by atoms with Crippen molar-refractivity contribution >= 4 is 23.4 Å². The van der Waals surface area contributed by atoms with Crippen LogP contribution in [0.2, 0.25) is 0 Å². The van der Waals surface area contributed by atoms with Crippen LogP contribution < -0.4 is 10.6 Å². The monoisotopic (exact) mass is 337 g/mol. The highest BCUT2D eigenvalue weighted by Gasteiger charge is 2.33. The Hall–Kier alpha value is -3.35. The van der Waals surface area contributed by atoms with Gasteiger partial charge in [-0.05, 0) is 18.2 Å². The van der Waals surface area contributed by atoms with E-state index in [9.17, 15) is 18.0 Å². The van der Waals surface area contributed by atoms with Gasteiger partial charge < -0.3 is 15.7 Å². The number of benzene rings is 1. The zero-order valence-corrected chi connectivity index (χ0v) is 11.9. The van der Waals surface area contributed by atoms with Crippen LogP contribution in [0.1, 0.15) is 11.3 Å². The van der Waals surface area contributed by atoms with Crippen LogP contribution in [0.5, 0.6) is 0 Å². The number of halogens is 3. The number of carboxylic acid groups (broad SMARTS) is 1. The Morgan fingerprint density at radius 3 is 2.67 bits per heavy atom. The lowest BCUT2D eigenvalue weighted by molar-refractivity contribution is -0.141. The van der Waals surface area contributed by atoms with E-state index in [1.165, 1.54) is 12.1 Å². The molecule has 0 unspecified atom stereocenters. The zero-order valence-electron chi connectivity index (χ0n) is 11.9. The summed E-state index contributed by atoms with van der Waals surface area (Å²) in [5.41, 5.74) is -0.566. The fourth-order valence-corrected chi connectivity index (χ4v) is 1.70. The van der Waals surface area contributed by atoms with Crippen molar-refractivity contribution in [3.63, 3.8) is 0 Å². The first-order valence-electron chi connectivity index (χ1n) is 6.47. The number of nitrogens with one attached hydrogen (secondary N) is 2. The molecule has 0 aliphatic heterocycles. The van der Waals surface area contributed by atoms with Gasteiger partial charge in [-0.15, -0.1) is 0 Å². The van der Waals surface area contributed by atoms with E-state index in [0.29, 0.717) is 17.3 Å². The van der Waals surface area contributed by atoms with Crippen LogP contribution in [0.25, 0.3) is 0 Å². The molecule has 1 aromatic heterocycles. The van der Waals surface area contributed by atoms with Crippen molar-refractivity contribution < 1.29 is 23.1 Å². The van der Waals surface area contributed by atoms with E-state index < -0.39 is 30.3 Å². The maximum Gasteiger partial charge on any atom is 0.433 e. The standard InChI is InChI=1S/C14H10F3N5O2/c15-14(16,17)10-5-11(22-13(21-10)19-7-12(23)24)20-9-3-1-2-8(4-9)6-18/h1-5H,7H2,(H,23,24)(H2,19,20,21,22). The molecule has 0 bridgehead atoms. The molecular formula is C14H10F3N5O2. The Bertz CT molecular complexity index is 802. The fourth-order valence-electron chi connectivity index (χ4n) is 1.70. The smallest absolute Gasteiger partial charge is 0.433 e. The second-order valence-electron chi connectivity index (χ2n) is 4.52. The molecule has 0 saturated carbocycles. The molecule has 7 nitrogen and oxygen atoms in total. The van der Waals surface area contributed by atoms with E-state index in [4.69, 9.17) is 10.4 Å². The summed E-state index contributed by atoms with van der Waals surface area (Å²) in [4.78, 5) is 17.6. The molecule has 1 aromatic carbocycles. The van der Waals surface area contributed by atoms with Crippen molar-refractivity contribution in [1.82, 2.24) is 9.97 Å². The van der Waals surface area contributed by atoms with Crippen LogP contribution in [-0.4, -0.2) is 27.6 Å². The zero-order chi connectivity index (χ0) is 17.7. The first-order chi connectivity index (χ1) is 11.3. The number of anilines is 3. The molecule has 0 saturated heterocycles. The molecule has 0 amide bonds. The van der Waals surface area contributed by atoms with Gasteiger partial charge in [0.1, 0.15) is 12.4 Å². The molecule has 0 aliphatic carbocycles. The largest absolute Gasteiger partial charge is 0.480 e. The van der Waals surface area contributed by atoms with Gasteiger partial charge in [0.05, 0.1) is 11.6 Å². The van der Waals surface area contributed by atoms with Crippen LogP contribution in [0, 0.1) is 11.3 Å². The summed E-state index contributed by atoms with van der Waals surface area (Å²) < 4.78 is 38.7. The number of nitriles is 1. The molecule has 10 heteroatoms. The summed E-state index contributed by atoms with van der Waals surface area (Å²) >= 11 is 0. The van der Waals surface area contributed by atoms with Gasteiger partial charge in [-0.2, -0.15) is 23.4 Å². The molecule has 0 radical (unpaired) electrons. The molecule has 1 heterocycles. The molecule has 124 valence electrons. The average molecular weight is 337 g/mol. The van der Waals surface area contributed by atoms with E-state index in [1.54, 1.807) is 12.1 Å². The summed E-state index contributed by atoms with van der Waals surface area (Å²) in [6.07, 6.45) is -4.73. The summed E-state index contributed by atoms with van der Waals surface area (Å²) in [7, 11) is 0. The van der Waals surface area contributed by atoms with Gasteiger partial charge in [-0.3, -0.25) is 4.79 Å². The Balaban J connectivity index is 2.35. The van der Waals surface area contributed by atoms with E-state index in [2.05, 4.69) is 20.6 Å². The van der Waals surface area contributed by atoms with Crippen molar-refractivity contribution in [3.8, 4) is 6.07 Å². The normalized spacial score (nSPS) is 10.8. The number of aromatic nitrogens is 2. The minimum absolute atomic E-state index is 0.194. The summed E-state index contributed by atoms with van der Waals surface area (Å²) in [6.45, 7) is -0.634. The van der Waals surface area contributed by atoms with Crippen molar-refractivity contribution in [2.24, 2.45) is 0 Å². The highest BCUT2D eigenvalue weighted by atomic mass is 19.4. The SMILES string of the molecule is N#Cc1cccc(Nc2cc(C(F)(F)F)nc(NCC(=O)O)n2)c1. The van der Waals surface area contributed by atoms with Gasteiger partial charge >= 0.3 is 12.1 Å². The number of hydrogen-bond donors (Lipinski definition) is 3. The molecule has 2 aromatic rings. The van der Waals surface area contributed by atoms with Crippen molar-refractivity contribution in [3.05, 3.63) is 41.6 Å². The van der Waals surface area contributed by atoms with Crippen LogP contribution in [-0.2, 0) is 11.0 Å². The Morgan fingerprint density at radius 2 is 2.04 bits per heavy atom. The Morgan fingerprint density at radius 1 is 1.29 bits per heavy atom. The first-order valence-corrected chi connectivity index (χ1v) is 6.47. The number of hydrogen-bond acceptors (Lipinski definition) is 6. The second kappa shape index (κ2) is 6.82. The molecular weight excluding hydrogens is 327 g/mol. The lowest BCUT2D eigenvalue weighted by Crippen LogP contribution is -2.17. The van der Waals surface area contributed by atoms with Crippen LogP contribution >= 0.6 is 0 Å². The lowest BCUT2D eigenvalue weighted by atomic mass is 10.2. The third-order valence-corrected chi connectivity index (χ3v) is 2.68. The number of nitrogens with zero attached hydrogens (tertiary/aromatic N) is 3. The van der Waals surface area contributed by atoms with Gasteiger partial charge in [-0.1, -0.05) is 6.07 Å². The fraction of sp³-hybridized carbons (Fsp3) is 0.143. The third kappa shape index (κ3) is 4.57. The average Bonchev–Trinajstić information content (AvgIpc) is 2.52.